The van der Waals surface area contributed by atoms with E-state index in [1.807, 2.05) is 30.3 Å². The molecule has 0 heterocycles. The monoisotopic (exact) mass is 206 g/mol. The summed E-state index contributed by atoms with van der Waals surface area (Å²) in [6.07, 6.45) is 0.521. The van der Waals surface area contributed by atoms with Gasteiger partial charge >= 0.3 is 5.97 Å². The van der Waals surface area contributed by atoms with Crippen LogP contribution in [0, 0.1) is 11.8 Å². The molecule has 0 radical (unpaired) electrons. The second-order valence-corrected chi connectivity index (χ2v) is 2.82. The van der Waals surface area contributed by atoms with Gasteiger partial charge in [-0.15, -0.1) is 0 Å². The van der Waals surface area contributed by atoms with E-state index < -0.39 is 6.04 Å². The van der Waals surface area contributed by atoms with Gasteiger partial charge in [0.2, 0.25) is 0 Å². The zero-order valence-electron chi connectivity index (χ0n) is 8.59. The fourth-order valence-electron chi connectivity index (χ4n) is 1.10. The molecule has 80 valence electrons. The average molecular weight is 206 g/mol. The Balaban J connectivity index is 0.000000921. The number of ether oxygens (including phenoxy) is 1. The van der Waals surface area contributed by atoms with E-state index in [1.165, 1.54) is 7.11 Å². The van der Waals surface area contributed by atoms with Gasteiger partial charge in [0.25, 0.3) is 0 Å². The molecule has 0 aliphatic carbocycles. The van der Waals surface area contributed by atoms with Crippen molar-refractivity contribution < 1.29 is 9.53 Å². The lowest BCUT2D eigenvalue weighted by atomic mass is 10.1. The summed E-state index contributed by atoms with van der Waals surface area (Å²) in [4.78, 5) is 11.0. The fourth-order valence-corrected chi connectivity index (χ4v) is 1.10. The van der Waals surface area contributed by atoms with Crippen LogP contribution in [0.25, 0.3) is 0 Å². The molecule has 1 atom stereocenters. The summed E-state index contributed by atoms with van der Waals surface area (Å²) in [6, 6.07) is 9.06. The molecule has 0 amide bonds. The first-order valence-corrected chi connectivity index (χ1v) is 4.37. The normalized spacial score (nSPS) is 10.7. The van der Waals surface area contributed by atoms with Crippen molar-refractivity contribution in [3.05, 3.63) is 35.9 Å². The van der Waals surface area contributed by atoms with Crippen molar-refractivity contribution in [2.75, 3.05) is 7.11 Å². The van der Waals surface area contributed by atoms with Crippen molar-refractivity contribution in [1.82, 2.24) is 0 Å². The molecule has 1 rings (SSSR count). The minimum atomic E-state index is -0.563. The lowest BCUT2D eigenvalue weighted by molar-refractivity contribution is -0.142. The van der Waals surface area contributed by atoms with Crippen molar-refractivity contribution in [1.29, 1.82) is 5.26 Å². The van der Waals surface area contributed by atoms with Crippen molar-refractivity contribution in [3.63, 3.8) is 0 Å². The topological polar surface area (TPSA) is 76.1 Å². The van der Waals surface area contributed by atoms with E-state index in [0.29, 0.717) is 6.42 Å². The summed E-state index contributed by atoms with van der Waals surface area (Å²) >= 11 is 0. The molecule has 0 spiro atoms. The zero-order valence-corrected chi connectivity index (χ0v) is 8.59. The van der Waals surface area contributed by atoms with Crippen molar-refractivity contribution >= 4 is 5.97 Å². The predicted octanol–water partition coefficient (Wildman–Crippen LogP) is 0.869. The maximum Gasteiger partial charge on any atom is 0.322 e. The zero-order chi connectivity index (χ0) is 11.7. The van der Waals surface area contributed by atoms with Gasteiger partial charge in [0.15, 0.2) is 0 Å². The predicted molar refractivity (Wildman–Crippen MR) is 56.8 cm³/mol. The summed E-state index contributed by atoms with van der Waals surface area (Å²) in [5.74, 6) is -0.371. The minimum Gasteiger partial charge on any atom is -0.468 e. The lowest BCUT2D eigenvalue weighted by Gasteiger charge is -2.08. The Labute approximate surface area is 89.3 Å². The molecule has 0 saturated carbocycles. The van der Waals surface area contributed by atoms with Crippen molar-refractivity contribution in [3.8, 4) is 6.57 Å². The maximum atomic E-state index is 11.0. The van der Waals surface area contributed by atoms with Crippen molar-refractivity contribution in [2.24, 2.45) is 5.73 Å². The highest BCUT2D eigenvalue weighted by Gasteiger charge is 2.13. The van der Waals surface area contributed by atoms with Crippen molar-refractivity contribution in [2.45, 2.75) is 12.5 Å². The summed E-state index contributed by atoms with van der Waals surface area (Å²) in [5, 5.41) is 6.50. The molecule has 0 aliphatic heterocycles. The summed E-state index contributed by atoms with van der Waals surface area (Å²) < 4.78 is 4.52. The molecule has 0 aliphatic rings. The highest BCUT2D eigenvalue weighted by atomic mass is 16.5. The van der Waals surface area contributed by atoms with Gasteiger partial charge in [0.05, 0.1) is 7.11 Å². The van der Waals surface area contributed by atoms with E-state index in [-0.39, 0.29) is 5.97 Å². The van der Waals surface area contributed by atoms with Crippen LogP contribution in [0.3, 0.4) is 0 Å². The Kier molecular flexibility index (Phi) is 6.60. The molecule has 15 heavy (non-hydrogen) atoms. The SMILES string of the molecule is C#N.COC(=O)C(N)Cc1ccccc1. The number of nitrogens with two attached hydrogens (primary N) is 1. The number of esters is 1. The molecular formula is C11H14N2O2. The third kappa shape index (κ3) is 4.79. The molecule has 4 heteroatoms. The highest BCUT2D eigenvalue weighted by molar-refractivity contribution is 5.75. The molecule has 1 unspecified atom stereocenters. The minimum absolute atomic E-state index is 0.371. The van der Waals surface area contributed by atoms with Crippen LogP contribution in [0.2, 0.25) is 0 Å². The van der Waals surface area contributed by atoms with Crippen LogP contribution < -0.4 is 5.73 Å². The van der Waals surface area contributed by atoms with Crippen LogP contribution >= 0.6 is 0 Å². The van der Waals surface area contributed by atoms with Crippen LogP contribution in [0.5, 0.6) is 0 Å². The molecular weight excluding hydrogens is 192 g/mol. The first-order chi connectivity index (χ1) is 7.24. The van der Waals surface area contributed by atoms with E-state index in [1.54, 1.807) is 0 Å². The Morgan fingerprint density at radius 3 is 2.47 bits per heavy atom. The maximum absolute atomic E-state index is 11.0. The third-order valence-electron chi connectivity index (χ3n) is 1.80. The summed E-state index contributed by atoms with van der Waals surface area (Å²) in [6.45, 7) is 3.50. The molecule has 0 fully saturated rings. The van der Waals surface area contributed by atoms with Gasteiger partial charge in [-0.3, -0.25) is 4.79 Å². The van der Waals surface area contributed by atoms with E-state index >= 15 is 0 Å². The standard InChI is InChI=1S/C10H13NO2.CHN/c1-13-10(12)9(11)7-8-5-3-2-4-6-8;1-2/h2-6,9H,7,11H2,1H3;1H. The smallest absolute Gasteiger partial charge is 0.322 e. The molecule has 2 N–H and O–H groups in total. The number of nitrogens with zero attached hydrogens (tertiary/aromatic N) is 1. The Hall–Kier alpha value is -1.86. The fraction of sp³-hybridized carbons (Fsp3) is 0.273. The van der Waals surface area contributed by atoms with E-state index in [9.17, 15) is 4.79 Å². The summed E-state index contributed by atoms with van der Waals surface area (Å²) in [5.41, 5.74) is 6.63. The number of rotatable bonds is 3. The van der Waals surface area contributed by atoms with E-state index in [2.05, 4.69) is 11.3 Å². The van der Waals surface area contributed by atoms with Crippen LogP contribution in [0.4, 0.5) is 0 Å². The first kappa shape index (κ1) is 13.1. The van der Waals surface area contributed by atoms with Gasteiger partial charge in [-0.2, -0.15) is 0 Å². The van der Waals surface area contributed by atoms with Gasteiger partial charge < -0.3 is 10.5 Å². The number of hydrogen-bond acceptors (Lipinski definition) is 4. The van der Waals surface area contributed by atoms with Gasteiger partial charge in [0.1, 0.15) is 6.04 Å². The van der Waals surface area contributed by atoms with Gasteiger partial charge in [0, 0.05) is 6.57 Å². The largest absolute Gasteiger partial charge is 0.468 e. The number of carbonyl (C=O) groups excluding carboxylic acids is 1. The number of methoxy groups -OCH3 is 1. The quantitative estimate of drug-likeness (QED) is 0.744. The lowest BCUT2D eigenvalue weighted by Crippen LogP contribution is -2.33. The van der Waals surface area contributed by atoms with Crippen LogP contribution in [-0.4, -0.2) is 19.1 Å². The van der Waals surface area contributed by atoms with E-state index in [0.717, 1.165) is 5.56 Å². The number of carbonyl (C=O) groups is 1. The van der Waals surface area contributed by atoms with Crippen LogP contribution in [0.1, 0.15) is 5.56 Å². The molecule has 0 bridgehead atoms. The van der Waals surface area contributed by atoms with Gasteiger partial charge in [-0.05, 0) is 12.0 Å². The number of benzene rings is 1. The molecule has 0 saturated heterocycles. The Morgan fingerprint density at radius 2 is 2.00 bits per heavy atom. The third-order valence-corrected chi connectivity index (χ3v) is 1.80. The van der Waals surface area contributed by atoms with Crippen LogP contribution in [-0.2, 0) is 16.0 Å². The van der Waals surface area contributed by atoms with Gasteiger partial charge in [-0.25, -0.2) is 5.26 Å². The molecule has 1 aromatic carbocycles. The number of hydrogen-bond donors (Lipinski definition) is 1. The molecule has 1 aromatic rings. The molecule has 0 aromatic heterocycles. The molecule has 4 nitrogen and oxygen atoms in total. The second-order valence-electron chi connectivity index (χ2n) is 2.82. The van der Waals surface area contributed by atoms with E-state index in [4.69, 9.17) is 11.0 Å². The number of nitriles is 1. The Bertz CT molecular complexity index is 309. The first-order valence-electron chi connectivity index (χ1n) is 4.37. The summed E-state index contributed by atoms with van der Waals surface area (Å²) in [7, 11) is 1.34. The average Bonchev–Trinajstić information content (AvgIpc) is 2.32. The Morgan fingerprint density at radius 1 is 1.47 bits per heavy atom. The van der Waals surface area contributed by atoms with Crippen LogP contribution in [0.15, 0.2) is 30.3 Å². The highest BCUT2D eigenvalue weighted by Crippen LogP contribution is 2.02. The van der Waals surface area contributed by atoms with Gasteiger partial charge in [-0.1, -0.05) is 30.3 Å². The second kappa shape index (κ2) is 7.54.